The molecule has 2 N–H and O–H groups in total. The van der Waals surface area contributed by atoms with Gasteiger partial charge in [-0.1, -0.05) is 12.1 Å². The van der Waals surface area contributed by atoms with Gasteiger partial charge in [0.25, 0.3) is 5.91 Å². The molecule has 2 heterocycles. The molecule has 1 aliphatic rings. The number of H-pyrrole nitrogens is 1. The molecule has 0 fully saturated rings. The second-order valence-corrected chi connectivity index (χ2v) is 5.49. The fourth-order valence-electron chi connectivity index (χ4n) is 2.84. The number of aryl methyl sites for hydroxylation is 2. The van der Waals surface area contributed by atoms with Crippen molar-refractivity contribution in [2.75, 3.05) is 11.9 Å². The van der Waals surface area contributed by atoms with Gasteiger partial charge in [0.2, 0.25) is 0 Å². The van der Waals surface area contributed by atoms with Crippen molar-refractivity contribution in [1.29, 1.82) is 0 Å². The van der Waals surface area contributed by atoms with Crippen molar-refractivity contribution in [3.05, 3.63) is 46.8 Å². The fraction of sp³-hybridized carbons (Fsp3) is 0.333. The number of fused-ring (bicyclic) bond motifs is 1. The van der Waals surface area contributed by atoms with E-state index in [1.54, 1.807) is 32.0 Å². The lowest BCUT2D eigenvalue weighted by Gasteiger charge is -2.38. The molecule has 0 aliphatic carbocycles. The summed E-state index contributed by atoms with van der Waals surface area (Å²) in [6.07, 6.45) is -5.41. The first-order chi connectivity index (χ1) is 10.8. The van der Waals surface area contributed by atoms with Crippen LogP contribution in [0.25, 0.3) is 0 Å². The molecule has 23 heavy (non-hydrogen) atoms. The molecule has 0 bridgehead atoms. The van der Waals surface area contributed by atoms with Gasteiger partial charge in [-0.3, -0.25) is 9.89 Å². The highest BCUT2D eigenvalue weighted by atomic mass is 19.4. The number of halogens is 3. The average molecular weight is 324 g/mol. The number of nitrogens with zero attached hydrogens (tertiary/aromatic N) is 2. The number of carbonyl (C=O) groups is 1. The fourth-order valence-corrected chi connectivity index (χ4v) is 2.84. The summed E-state index contributed by atoms with van der Waals surface area (Å²) in [5, 5.41) is 9.80. The first-order valence-corrected chi connectivity index (χ1v) is 7.02. The molecule has 3 rings (SSSR count). The molecule has 0 saturated heterocycles. The van der Waals surface area contributed by atoms with E-state index in [0.29, 0.717) is 22.6 Å². The predicted molar refractivity (Wildman–Crippen MR) is 78.0 cm³/mol. The van der Waals surface area contributed by atoms with E-state index in [1.165, 1.54) is 6.07 Å². The van der Waals surface area contributed by atoms with Crippen LogP contribution in [0.4, 0.5) is 18.9 Å². The molecular formula is C15H15F3N4O. The predicted octanol–water partition coefficient (Wildman–Crippen LogP) is 3.16. The van der Waals surface area contributed by atoms with E-state index in [4.69, 9.17) is 0 Å². The Kier molecular flexibility index (Phi) is 3.54. The number of para-hydroxylation sites is 1. The number of benzene rings is 1. The van der Waals surface area contributed by atoms with Gasteiger partial charge < -0.3 is 10.2 Å². The summed E-state index contributed by atoms with van der Waals surface area (Å²) in [6, 6.07) is 6.54. The number of aromatic amines is 1. The van der Waals surface area contributed by atoms with Gasteiger partial charge in [0.1, 0.15) is 12.7 Å². The van der Waals surface area contributed by atoms with Gasteiger partial charge in [-0.2, -0.15) is 18.3 Å². The minimum Gasteiger partial charge on any atom is -0.361 e. The molecule has 1 aliphatic heterocycles. The summed E-state index contributed by atoms with van der Waals surface area (Å²) in [6.45, 7) is 2.08. The van der Waals surface area contributed by atoms with Crippen molar-refractivity contribution in [2.45, 2.75) is 26.2 Å². The van der Waals surface area contributed by atoms with Crippen LogP contribution in [-0.4, -0.2) is 33.7 Å². The standard InChI is InChI=1S/C15H15F3N4O/c1-8-12(9(2)21-20-8)13-19-11-6-4-3-5-10(11)14(23)22(13)7-15(16,17)18/h3-6,13,19H,7H2,1-2H3,(H,20,21)/t13-/m0/s1. The zero-order valence-corrected chi connectivity index (χ0v) is 12.5. The zero-order chi connectivity index (χ0) is 16.8. The summed E-state index contributed by atoms with van der Waals surface area (Å²) in [7, 11) is 0. The third kappa shape index (κ3) is 2.76. The molecule has 2 aromatic rings. The van der Waals surface area contributed by atoms with E-state index in [0.717, 1.165) is 4.90 Å². The molecule has 0 spiro atoms. The van der Waals surface area contributed by atoms with Crippen LogP contribution >= 0.6 is 0 Å². The topological polar surface area (TPSA) is 61.0 Å². The van der Waals surface area contributed by atoms with Crippen molar-refractivity contribution in [3.8, 4) is 0 Å². The van der Waals surface area contributed by atoms with E-state index >= 15 is 0 Å². The second kappa shape index (κ2) is 5.29. The number of hydrogen-bond acceptors (Lipinski definition) is 3. The molecule has 0 radical (unpaired) electrons. The summed E-state index contributed by atoms with van der Waals surface area (Å²) in [5.74, 6) is -0.651. The largest absolute Gasteiger partial charge is 0.406 e. The minimum absolute atomic E-state index is 0.229. The Morgan fingerprint density at radius 2 is 1.96 bits per heavy atom. The number of aromatic nitrogens is 2. The summed E-state index contributed by atoms with van der Waals surface area (Å²) < 4.78 is 38.9. The van der Waals surface area contributed by atoms with Crippen LogP contribution in [0.2, 0.25) is 0 Å². The lowest BCUT2D eigenvalue weighted by atomic mass is 10.0. The lowest BCUT2D eigenvalue weighted by Crippen LogP contribution is -2.47. The van der Waals surface area contributed by atoms with Gasteiger partial charge in [0, 0.05) is 16.9 Å². The van der Waals surface area contributed by atoms with Crippen molar-refractivity contribution < 1.29 is 18.0 Å². The number of nitrogens with one attached hydrogen (secondary N) is 2. The van der Waals surface area contributed by atoms with Crippen molar-refractivity contribution >= 4 is 11.6 Å². The SMILES string of the molecule is Cc1n[nH]c(C)c1[C@H]1Nc2ccccc2C(=O)N1CC(F)(F)F. The molecule has 1 aromatic carbocycles. The van der Waals surface area contributed by atoms with Crippen LogP contribution in [0.3, 0.4) is 0 Å². The molecule has 0 unspecified atom stereocenters. The highest BCUT2D eigenvalue weighted by molar-refractivity contribution is 6.01. The Morgan fingerprint density at radius 1 is 1.26 bits per heavy atom. The van der Waals surface area contributed by atoms with Gasteiger partial charge in [0.05, 0.1) is 11.3 Å². The number of rotatable bonds is 2. The van der Waals surface area contributed by atoms with Crippen LogP contribution in [0.15, 0.2) is 24.3 Å². The van der Waals surface area contributed by atoms with Crippen LogP contribution in [-0.2, 0) is 0 Å². The third-order valence-electron chi connectivity index (χ3n) is 3.83. The first-order valence-electron chi connectivity index (χ1n) is 7.02. The number of carbonyl (C=O) groups excluding carboxylic acids is 1. The molecule has 122 valence electrons. The van der Waals surface area contributed by atoms with Gasteiger partial charge >= 0.3 is 6.18 Å². The molecule has 1 amide bonds. The Morgan fingerprint density at radius 3 is 2.57 bits per heavy atom. The van der Waals surface area contributed by atoms with E-state index < -0.39 is 24.8 Å². The quantitative estimate of drug-likeness (QED) is 0.892. The Labute approximate surface area is 130 Å². The average Bonchev–Trinajstić information content (AvgIpc) is 2.80. The van der Waals surface area contributed by atoms with Crippen LogP contribution in [0, 0.1) is 13.8 Å². The molecular weight excluding hydrogens is 309 g/mol. The smallest absolute Gasteiger partial charge is 0.361 e. The third-order valence-corrected chi connectivity index (χ3v) is 3.83. The van der Waals surface area contributed by atoms with Gasteiger partial charge in [-0.15, -0.1) is 0 Å². The van der Waals surface area contributed by atoms with Gasteiger partial charge in [-0.05, 0) is 26.0 Å². The maximum absolute atomic E-state index is 13.0. The lowest BCUT2D eigenvalue weighted by molar-refractivity contribution is -0.144. The van der Waals surface area contributed by atoms with E-state index in [9.17, 15) is 18.0 Å². The molecule has 1 aromatic heterocycles. The molecule has 0 saturated carbocycles. The van der Waals surface area contributed by atoms with Gasteiger partial charge in [-0.25, -0.2) is 0 Å². The summed E-state index contributed by atoms with van der Waals surface area (Å²) >= 11 is 0. The minimum atomic E-state index is -4.49. The zero-order valence-electron chi connectivity index (χ0n) is 12.5. The van der Waals surface area contributed by atoms with Crippen LogP contribution < -0.4 is 5.32 Å². The van der Waals surface area contributed by atoms with E-state index in [2.05, 4.69) is 15.5 Å². The Balaban J connectivity index is 2.10. The van der Waals surface area contributed by atoms with E-state index in [-0.39, 0.29) is 5.56 Å². The molecule has 8 heteroatoms. The monoisotopic (exact) mass is 324 g/mol. The normalized spacial score (nSPS) is 17.9. The number of hydrogen-bond donors (Lipinski definition) is 2. The number of anilines is 1. The second-order valence-electron chi connectivity index (χ2n) is 5.49. The van der Waals surface area contributed by atoms with Crippen molar-refractivity contribution in [3.63, 3.8) is 0 Å². The molecule has 5 nitrogen and oxygen atoms in total. The van der Waals surface area contributed by atoms with E-state index in [1.807, 2.05) is 0 Å². The highest BCUT2D eigenvalue weighted by Gasteiger charge is 2.41. The maximum atomic E-state index is 13.0. The Hall–Kier alpha value is -2.51. The summed E-state index contributed by atoms with van der Waals surface area (Å²) in [5.41, 5.74) is 2.48. The first kappa shape index (κ1) is 15.4. The number of amides is 1. The van der Waals surface area contributed by atoms with Crippen LogP contribution in [0.5, 0.6) is 0 Å². The molecule has 1 atom stereocenters. The number of alkyl halides is 3. The highest BCUT2D eigenvalue weighted by Crippen LogP contribution is 2.36. The Bertz CT molecular complexity index is 734. The van der Waals surface area contributed by atoms with Gasteiger partial charge in [0.15, 0.2) is 0 Å². The van der Waals surface area contributed by atoms with Crippen molar-refractivity contribution in [1.82, 2.24) is 15.1 Å². The van der Waals surface area contributed by atoms with Crippen LogP contribution in [0.1, 0.15) is 33.5 Å². The maximum Gasteiger partial charge on any atom is 0.406 e. The summed E-state index contributed by atoms with van der Waals surface area (Å²) in [4.78, 5) is 13.4. The van der Waals surface area contributed by atoms with Crippen molar-refractivity contribution in [2.24, 2.45) is 0 Å².